The molecule has 1 aliphatic carbocycles. The number of rotatable bonds is 6. The van der Waals surface area contributed by atoms with E-state index < -0.39 is 0 Å². The molecule has 2 aliphatic rings. The molecular formula is C21H32N2O2. The van der Waals surface area contributed by atoms with Gasteiger partial charge in [-0.1, -0.05) is 38.0 Å². The number of para-hydroxylation sites is 1. The molecule has 1 unspecified atom stereocenters. The largest absolute Gasteiger partial charge is 0.415 e. The van der Waals surface area contributed by atoms with E-state index in [1.165, 1.54) is 32.1 Å². The van der Waals surface area contributed by atoms with E-state index in [9.17, 15) is 4.79 Å². The van der Waals surface area contributed by atoms with Crippen LogP contribution in [0.25, 0.3) is 0 Å². The zero-order valence-corrected chi connectivity index (χ0v) is 15.5. The predicted molar refractivity (Wildman–Crippen MR) is 101 cm³/mol. The highest BCUT2D eigenvalue weighted by Gasteiger charge is 2.36. The van der Waals surface area contributed by atoms with Crippen molar-refractivity contribution in [3.05, 3.63) is 30.3 Å². The van der Waals surface area contributed by atoms with E-state index >= 15 is 0 Å². The van der Waals surface area contributed by atoms with Gasteiger partial charge >= 0.3 is 6.09 Å². The summed E-state index contributed by atoms with van der Waals surface area (Å²) in [5.41, 5.74) is 0.562. The van der Waals surface area contributed by atoms with E-state index in [4.69, 9.17) is 4.74 Å². The molecule has 3 rings (SSSR count). The Morgan fingerprint density at radius 3 is 2.68 bits per heavy atom. The first-order valence-electron chi connectivity index (χ1n) is 9.96. The van der Waals surface area contributed by atoms with Crippen molar-refractivity contribution in [2.24, 2.45) is 5.41 Å². The van der Waals surface area contributed by atoms with Crippen LogP contribution in [0.5, 0.6) is 5.75 Å². The van der Waals surface area contributed by atoms with Crippen LogP contribution in [0.2, 0.25) is 0 Å². The summed E-state index contributed by atoms with van der Waals surface area (Å²) >= 11 is 0. The molecule has 0 spiro atoms. The lowest BCUT2D eigenvalue weighted by atomic mass is 9.66. The standard InChI is InChI=1S/C21H32N2O2/c1-2-12-21(13-7-14-21)17-22-18-8-6-15-23(16-11-18)20(24)25-19-9-4-3-5-10-19/h3-5,9-10,18,22H,2,6-8,11-17H2,1H3. The molecule has 0 bridgehead atoms. The topological polar surface area (TPSA) is 41.6 Å². The van der Waals surface area contributed by atoms with Crippen molar-refractivity contribution in [2.75, 3.05) is 19.6 Å². The van der Waals surface area contributed by atoms with Crippen molar-refractivity contribution in [3.63, 3.8) is 0 Å². The third-order valence-electron chi connectivity index (χ3n) is 5.89. The van der Waals surface area contributed by atoms with Crippen LogP contribution < -0.4 is 10.1 Å². The summed E-state index contributed by atoms with van der Waals surface area (Å²) in [6, 6.07) is 9.88. The molecule has 1 heterocycles. The first-order valence-corrected chi connectivity index (χ1v) is 9.96. The molecule has 1 aliphatic heterocycles. The molecule has 4 nitrogen and oxygen atoms in total. The van der Waals surface area contributed by atoms with Gasteiger partial charge in [-0.25, -0.2) is 4.79 Å². The number of nitrogens with zero attached hydrogens (tertiary/aromatic N) is 1. The number of benzene rings is 1. The maximum absolute atomic E-state index is 12.4. The number of carbonyl (C=O) groups is 1. The van der Waals surface area contributed by atoms with E-state index in [0.29, 0.717) is 17.2 Å². The first-order chi connectivity index (χ1) is 12.2. The van der Waals surface area contributed by atoms with Crippen molar-refractivity contribution >= 4 is 6.09 Å². The fourth-order valence-electron chi connectivity index (χ4n) is 4.22. The Labute approximate surface area is 151 Å². The van der Waals surface area contributed by atoms with Gasteiger partial charge < -0.3 is 15.0 Å². The molecule has 1 atom stereocenters. The zero-order chi connectivity index (χ0) is 17.5. The Bertz CT molecular complexity index is 542. The summed E-state index contributed by atoms with van der Waals surface area (Å²) in [7, 11) is 0. The van der Waals surface area contributed by atoms with Crippen LogP contribution in [0.1, 0.15) is 58.3 Å². The molecule has 0 radical (unpaired) electrons. The summed E-state index contributed by atoms with van der Waals surface area (Å²) in [6.07, 6.45) is 9.80. The van der Waals surface area contributed by atoms with Gasteiger partial charge in [-0.3, -0.25) is 0 Å². The Balaban J connectivity index is 1.44. The first kappa shape index (κ1) is 18.2. The third-order valence-corrected chi connectivity index (χ3v) is 5.89. The summed E-state index contributed by atoms with van der Waals surface area (Å²) in [5.74, 6) is 0.623. The number of nitrogens with one attached hydrogen (secondary N) is 1. The normalized spacial score (nSPS) is 22.8. The van der Waals surface area contributed by atoms with Crippen molar-refractivity contribution in [3.8, 4) is 5.75 Å². The fourth-order valence-corrected chi connectivity index (χ4v) is 4.22. The van der Waals surface area contributed by atoms with Gasteiger partial charge in [0, 0.05) is 25.7 Å². The molecule has 1 N–H and O–H groups in total. The van der Waals surface area contributed by atoms with Crippen molar-refractivity contribution in [1.29, 1.82) is 0 Å². The van der Waals surface area contributed by atoms with Crippen LogP contribution in [0.3, 0.4) is 0 Å². The van der Waals surface area contributed by atoms with Crippen LogP contribution in [0.15, 0.2) is 30.3 Å². The second-order valence-electron chi connectivity index (χ2n) is 7.78. The van der Waals surface area contributed by atoms with Gasteiger partial charge in [0.15, 0.2) is 0 Å². The SMILES string of the molecule is CCCC1(CNC2CCCN(C(=O)Oc3ccccc3)CC2)CCC1. The zero-order valence-electron chi connectivity index (χ0n) is 15.5. The lowest BCUT2D eigenvalue weighted by Gasteiger charge is -2.43. The quantitative estimate of drug-likeness (QED) is 0.820. The molecule has 1 saturated carbocycles. The van der Waals surface area contributed by atoms with Gasteiger partial charge in [0.1, 0.15) is 5.75 Å². The highest BCUT2D eigenvalue weighted by molar-refractivity contribution is 5.70. The predicted octanol–water partition coefficient (Wildman–Crippen LogP) is 4.60. The maximum Gasteiger partial charge on any atom is 0.415 e. The van der Waals surface area contributed by atoms with Crippen molar-refractivity contribution in [1.82, 2.24) is 10.2 Å². The molecule has 1 saturated heterocycles. The Morgan fingerprint density at radius 2 is 2.00 bits per heavy atom. The number of carbonyl (C=O) groups excluding carboxylic acids is 1. The Morgan fingerprint density at radius 1 is 1.20 bits per heavy atom. The van der Waals surface area contributed by atoms with E-state index in [2.05, 4.69) is 12.2 Å². The molecular weight excluding hydrogens is 312 g/mol. The van der Waals surface area contributed by atoms with E-state index in [-0.39, 0.29) is 6.09 Å². The van der Waals surface area contributed by atoms with Crippen molar-refractivity contribution in [2.45, 2.75) is 64.3 Å². The Kier molecular flexibility index (Phi) is 6.35. The van der Waals surface area contributed by atoms with Crippen LogP contribution in [-0.4, -0.2) is 36.7 Å². The molecule has 1 aromatic carbocycles. The molecule has 1 aromatic rings. The number of hydrogen-bond donors (Lipinski definition) is 1. The van der Waals surface area contributed by atoms with E-state index in [1.54, 1.807) is 0 Å². The molecule has 0 aromatic heterocycles. The summed E-state index contributed by atoms with van der Waals surface area (Å²) in [6.45, 7) is 5.02. The van der Waals surface area contributed by atoms with Gasteiger partial charge in [-0.2, -0.15) is 0 Å². The number of amides is 1. The molecule has 1 amide bonds. The van der Waals surface area contributed by atoms with E-state index in [0.717, 1.165) is 38.9 Å². The second kappa shape index (κ2) is 8.70. The third kappa shape index (κ3) is 4.97. The number of ether oxygens (including phenoxy) is 1. The highest BCUT2D eigenvalue weighted by atomic mass is 16.6. The molecule has 2 fully saturated rings. The number of likely N-dealkylation sites (tertiary alicyclic amines) is 1. The van der Waals surface area contributed by atoms with Crippen LogP contribution >= 0.6 is 0 Å². The van der Waals surface area contributed by atoms with E-state index in [1.807, 2.05) is 35.2 Å². The molecule has 4 heteroatoms. The summed E-state index contributed by atoms with van der Waals surface area (Å²) in [5, 5.41) is 3.82. The van der Waals surface area contributed by atoms with Crippen LogP contribution in [0, 0.1) is 5.41 Å². The average Bonchev–Trinajstić information content (AvgIpc) is 2.84. The van der Waals surface area contributed by atoms with Crippen LogP contribution in [0.4, 0.5) is 4.79 Å². The maximum atomic E-state index is 12.4. The lowest BCUT2D eigenvalue weighted by molar-refractivity contribution is 0.109. The fraction of sp³-hybridized carbons (Fsp3) is 0.667. The summed E-state index contributed by atoms with van der Waals surface area (Å²) < 4.78 is 5.48. The van der Waals surface area contributed by atoms with Gasteiger partial charge in [0.25, 0.3) is 0 Å². The second-order valence-corrected chi connectivity index (χ2v) is 7.78. The number of hydrogen-bond acceptors (Lipinski definition) is 3. The minimum absolute atomic E-state index is 0.215. The minimum Gasteiger partial charge on any atom is -0.410 e. The highest BCUT2D eigenvalue weighted by Crippen LogP contribution is 2.44. The average molecular weight is 344 g/mol. The van der Waals surface area contributed by atoms with Gasteiger partial charge in [-0.15, -0.1) is 0 Å². The van der Waals surface area contributed by atoms with Gasteiger partial charge in [0.05, 0.1) is 0 Å². The Hall–Kier alpha value is -1.55. The van der Waals surface area contributed by atoms with Gasteiger partial charge in [-0.05, 0) is 56.1 Å². The molecule has 25 heavy (non-hydrogen) atoms. The minimum atomic E-state index is -0.215. The van der Waals surface area contributed by atoms with Gasteiger partial charge in [0.2, 0.25) is 0 Å². The lowest BCUT2D eigenvalue weighted by Crippen LogP contribution is -2.44. The van der Waals surface area contributed by atoms with Crippen LogP contribution in [-0.2, 0) is 0 Å². The smallest absolute Gasteiger partial charge is 0.410 e. The summed E-state index contributed by atoms with van der Waals surface area (Å²) in [4.78, 5) is 14.2. The monoisotopic (exact) mass is 344 g/mol. The molecule has 138 valence electrons. The van der Waals surface area contributed by atoms with Crippen molar-refractivity contribution < 1.29 is 9.53 Å².